The minimum atomic E-state index is -1.51. The van der Waals surface area contributed by atoms with Crippen LogP contribution >= 0.6 is 0 Å². The van der Waals surface area contributed by atoms with E-state index in [9.17, 15) is 14.0 Å². The Kier molecular flexibility index (Phi) is 4.94. The van der Waals surface area contributed by atoms with E-state index in [-0.39, 0.29) is 17.8 Å². The molecule has 1 heterocycles. The lowest BCUT2D eigenvalue weighted by Gasteiger charge is -2.09. The second-order valence-electron chi connectivity index (χ2n) is 4.50. The van der Waals surface area contributed by atoms with E-state index < -0.39 is 23.4 Å². The Bertz CT molecular complexity index is 726. The third-order valence-corrected chi connectivity index (χ3v) is 2.95. The van der Waals surface area contributed by atoms with Gasteiger partial charge in [0.15, 0.2) is 11.7 Å². The number of pyridine rings is 1. The number of Topliss-reactive ketones (excluding diaryl/α,β-unsaturated/α-hetero) is 1. The number of rotatable bonds is 5. The molecule has 22 heavy (non-hydrogen) atoms. The van der Waals surface area contributed by atoms with Crippen molar-refractivity contribution in [2.75, 3.05) is 5.32 Å². The maximum Gasteiger partial charge on any atom is 0.250 e. The van der Waals surface area contributed by atoms with Crippen LogP contribution in [0, 0.1) is 23.1 Å². The van der Waals surface area contributed by atoms with Crippen LogP contribution in [-0.2, 0) is 16.0 Å². The largest absolute Gasteiger partial charge is 0.309 e. The van der Waals surface area contributed by atoms with Gasteiger partial charge in [-0.1, -0.05) is 24.3 Å². The van der Waals surface area contributed by atoms with Crippen molar-refractivity contribution in [1.82, 2.24) is 4.98 Å². The molecule has 1 atom stereocenters. The number of aromatic nitrogens is 1. The number of anilines is 1. The van der Waals surface area contributed by atoms with Crippen LogP contribution in [-0.4, -0.2) is 16.7 Å². The average molecular weight is 297 g/mol. The molecule has 0 aliphatic carbocycles. The van der Waals surface area contributed by atoms with Gasteiger partial charge in [-0.2, -0.15) is 5.26 Å². The number of hydrogen-bond donors (Lipinski definition) is 1. The number of nitrogens with one attached hydrogen (secondary N) is 1. The van der Waals surface area contributed by atoms with Gasteiger partial charge < -0.3 is 5.32 Å². The van der Waals surface area contributed by atoms with Crippen LogP contribution in [0.25, 0.3) is 0 Å². The lowest BCUT2D eigenvalue weighted by atomic mass is 9.98. The maximum atomic E-state index is 13.5. The van der Waals surface area contributed by atoms with Crippen molar-refractivity contribution in [2.45, 2.75) is 6.42 Å². The standard InChI is InChI=1S/C16H12FN3O2/c17-13-6-2-1-5-11(13)9-14(21)12(10-18)16(22)20-15-7-3-4-8-19-15/h1-8,12H,9H2,(H,19,20,22). The summed E-state index contributed by atoms with van der Waals surface area (Å²) in [4.78, 5) is 27.9. The Hall–Kier alpha value is -3.07. The molecule has 1 amide bonds. The van der Waals surface area contributed by atoms with Crippen LogP contribution in [0.2, 0.25) is 0 Å². The molecule has 0 saturated heterocycles. The number of carbonyl (C=O) groups excluding carboxylic acids is 2. The van der Waals surface area contributed by atoms with E-state index in [1.54, 1.807) is 24.3 Å². The van der Waals surface area contributed by atoms with Gasteiger partial charge in [-0.15, -0.1) is 0 Å². The van der Waals surface area contributed by atoms with Crippen LogP contribution < -0.4 is 5.32 Å². The van der Waals surface area contributed by atoms with Gasteiger partial charge in [0.05, 0.1) is 6.07 Å². The fourth-order valence-corrected chi connectivity index (χ4v) is 1.84. The predicted octanol–water partition coefficient (Wildman–Crippen LogP) is 2.11. The molecule has 6 heteroatoms. The van der Waals surface area contributed by atoms with E-state index in [2.05, 4.69) is 10.3 Å². The first kappa shape index (κ1) is 15.3. The Labute approximate surface area is 126 Å². The van der Waals surface area contributed by atoms with Crippen molar-refractivity contribution in [1.29, 1.82) is 5.26 Å². The molecule has 1 aromatic heterocycles. The highest BCUT2D eigenvalue weighted by molar-refractivity contribution is 6.09. The number of halogens is 1. The third-order valence-electron chi connectivity index (χ3n) is 2.95. The van der Waals surface area contributed by atoms with Gasteiger partial charge in [0.1, 0.15) is 11.6 Å². The second-order valence-corrected chi connectivity index (χ2v) is 4.50. The number of ketones is 1. The summed E-state index contributed by atoms with van der Waals surface area (Å²) in [5.41, 5.74) is 0.151. The smallest absolute Gasteiger partial charge is 0.250 e. The summed E-state index contributed by atoms with van der Waals surface area (Å²) in [6.45, 7) is 0. The van der Waals surface area contributed by atoms with Gasteiger partial charge >= 0.3 is 0 Å². The summed E-state index contributed by atoms with van der Waals surface area (Å²) in [6.07, 6.45) is 1.15. The molecule has 0 aliphatic heterocycles. The molecule has 1 unspecified atom stereocenters. The number of carbonyl (C=O) groups is 2. The van der Waals surface area contributed by atoms with Gasteiger partial charge in [-0.3, -0.25) is 9.59 Å². The Morgan fingerprint density at radius 2 is 1.95 bits per heavy atom. The van der Waals surface area contributed by atoms with Crippen molar-refractivity contribution < 1.29 is 14.0 Å². The zero-order valence-electron chi connectivity index (χ0n) is 11.5. The molecule has 0 bridgehead atoms. The molecule has 5 nitrogen and oxygen atoms in total. The highest BCUT2D eigenvalue weighted by Crippen LogP contribution is 2.12. The molecule has 0 spiro atoms. The highest BCUT2D eigenvalue weighted by atomic mass is 19.1. The van der Waals surface area contributed by atoms with Gasteiger partial charge in [-0.25, -0.2) is 9.37 Å². The van der Waals surface area contributed by atoms with Crippen LogP contribution in [0.3, 0.4) is 0 Å². The van der Waals surface area contributed by atoms with Crippen molar-refractivity contribution in [3.8, 4) is 6.07 Å². The summed E-state index contributed by atoms with van der Waals surface area (Å²) in [5, 5.41) is 11.4. The van der Waals surface area contributed by atoms with Crippen LogP contribution in [0.15, 0.2) is 48.7 Å². The quantitative estimate of drug-likeness (QED) is 0.857. The van der Waals surface area contributed by atoms with Gasteiger partial charge in [0, 0.05) is 12.6 Å². The van der Waals surface area contributed by atoms with E-state index in [1.165, 1.54) is 30.5 Å². The molecule has 110 valence electrons. The molecular formula is C16H12FN3O2. The Balaban J connectivity index is 2.08. The van der Waals surface area contributed by atoms with E-state index in [0.29, 0.717) is 0 Å². The summed E-state index contributed by atoms with van der Waals surface area (Å²) < 4.78 is 13.5. The first-order chi connectivity index (χ1) is 10.6. The molecule has 0 radical (unpaired) electrons. The number of nitrogens with zero attached hydrogens (tertiary/aromatic N) is 2. The molecule has 2 aromatic rings. The van der Waals surface area contributed by atoms with Gasteiger partial charge in [-0.05, 0) is 23.8 Å². The molecule has 1 aromatic carbocycles. The van der Waals surface area contributed by atoms with Crippen LogP contribution in [0.5, 0.6) is 0 Å². The number of hydrogen-bond acceptors (Lipinski definition) is 4. The summed E-state index contributed by atoms with van der Waals surface area (Å²) >= 11 is 0. The minimum absolute atomic E-state index is 0.151. The first-order valence-electron chi connectivity index (χ1n) is 6.49. The summed E-state index contributed by atoms with van der Waals surface area (Å²) in [6, 6.07) is 12.3. The Morgan fingerprint density at radius 1 is 1.23 bits per heavy atom. The van der Waals surface area contributed by atoms with Crippen molar-refractivity contribution in [3.63, 3.8) is 0 Å². The lowest BCUT2D eigenvalue weighted by Crippen LogP contribution is -2.30. The van der Waals surface area contributed by atoms with E-state index in [1.807, 2.05) is 0 Å². The van der Waals surface area contributed by atoms with Gasteiger partial charge in [0.25, 0.3) is 5.91 Å². The average Bonchev–Trinajstić information content (AvgIpc) is 2.51. The third kappa shape index (κ3) is 3.73. The van der Waals surface area contributed by atoms with E-state index in [0.717, 1.165) is 0 Å². The number of amides is 1. The van der Waals surface area contributed by atoms with E-state index >= 15 is 0 Å². The van der Waals surface area contributed by atoms with Crippen molar-refractivity contribution >= 4 is 17.5 Å². The molecule has 0 saturated carbocycles. The molecular weight excluding hydrogens is 285 g/mol. The zero-order chi connectivity index (χ0) is 15.9. The minimum Gasteiger partial charge on any atom is -0.309 e. The monoisotopic (exact) mass is 297 g/mol. The SMILES string of the molecule is N#CC(C(=O)Cc1ccccc1F)C(=O)Nc1ccccn1. The zero-order valence-corrected chi connectivity index (χ0v) is 11.5. The molecule has 0 fully saturated rings. The van der Waals surface area contributed by atoms with Crippen LogP contribution in [0.4, 0.5) is 10.2 Å². The molecule has 0 aliphatic rings. The molecule has 2 rings (SSSR count). The van der Waals surface area contributed by atoms with Crippen molar-refractivity contribution in [3.05, 3.63) is 60.0 Å². The van der Waals surface area contributed by atoms with Crippen LogP contribution in [0.1, 0.15) is 5.56 Å². The summed E-state index contributed by atoms with van der Waals surface area (Å²) in [7, 11) is 0. The fraction of sp³-hybridized carbons (Fsp3) is 0.125. The van der Waals surface area contributed by atoms with Crippen molar-refractivity contribution in [2.24, 2.45) is 5.92 Å². The highest BCUT2D eigenvalue weighted by Gasteiger charge is 2.27. The summed E-state index contributed by atoms with van der Waals surface area (Å²) in [5.74, 6) is -3.26. The molecule has 1 N–H and O–H groups in total. The first-order valence-corrected chi connectivity index (χ1v) is 6.49. The predicted molar refractivity (Wildman–Crippen MR) is 77.1 cm³/mol. The second kappa shape index (κ2) is 7.09. The topological polar surface area (TPSA) is 82.8 Å². The maximum absolute atomic E-state index is 13.5. The van der Waals surface area contributed by atoms with E-state index in [4.69, 9.17) is 5.26 Å². The number of benzene rings is 1. The number of nitriles is 1. The normalized spacial score (nSPS) is 11.3. The van der Waals surface area contributed by atoms with Gasteiger partial charge in [0.2, 0.25) is 0 Å². The fourth-order valence-electron chi connectivity index (χ4n) is 1.84. The Morgan fingerprint density at radius 3 is 2.59 bits per heavy atom. The lowest BCUT2D eigenvalue weighted by molar-refractivity contribution is -0.128.